The average molecular weight is 281 g/mol. The molecule has 0 fully saturated rings. The van der Waals surface area contributed by atoms with Crippen molar-refractivity contribution in [2.24, 2.45) is 0 Å². The number of rotatable bonds is 9. The number of benzene rings is 1. The fourth-order valence-electron chi connectivity index (χ4n) is 2.14. The van der Waals surface area contributed by atoms with Gasteiger partial charge in [0, 0.05) is 13.0 Å². The van der Waals surface area contributed by atoms with Gasteiger partial charge in [0.2, 0.25) is 0 Å². The zero-order valence-corrected chi connectivity index (χ0v) is 12.6. The van der Waals surface area contributed by atoms with E-state index in [0.717, 1.165) is 25.9 Å². The molecule has 0 aliphatic carbocycles. The first-order valence-electron chi connectivity index (χ1n) is 7.22. The molecule has 0 amide bonds. The Kier molecular flexibility index (Phi) is 7.23. The van der Waals surface area contributed by atoms with Crippen molar-refractivity contribution in [2.45, 2.75) is 33.1 Å². The first kappa shape index (κ1) is 16.6. The zero-order chi connectivity index (χ0) is 15.0. The molecule has 4 heteroatoms. The van der Waals surface area contributed by atoms with E-state index in [1.807, 2.05) is 0 Å². The summed E-state index contributed by atoms with van der Waals surface area (Å²) in [7, 11) is 1.45. The molecule has 0 atom stereocenters. The van der Waals surface area contributed by atoms with Crippen LogP contribution in [0.4, 0.5) is 4.39 Å². The molecule has 0 radical (unpaired) electrons. The van der Waals surface area contributed by atoms with Crippen molar-refractivity contribution in [3.05, 3.63) is 29.6 Å². The first-order chi connectivity index (χ1) is 9.63. The van der Waals surface area contributed by atoms with E-state index in [-0.39, 0.29) is 11.3 Å². The van der Waals surface area contributed by atoms with Crippen LogP contribution in [0, 0.1) is 5.82 Å². The van der Waals surface area contributed by atoms with E-state index < -0.39 is 5.82 Å². The minimum atomic E-state index is -0.508. The van der Waals surface area contributed by atoms with Gasteiger partial charge in [0.25, 0.3) is 0 Å². The molecule has 112 valence electrons. The lowest BCUT2D eigenvalue weighted by Gasteiger charge is -2.19. The third-order valence-electron chi connectivity index (χ3n) is 3.40. The summed E-state index contributed by atoms with van der Waals surface area (Å²) in [5.41, 5.74) is 0.0709. The molecule has 1 aromatic rings. The molecular formula is C16H24FNO2. The molecule has 0 N–H and O–H groups in total. The van der Waals surface area contributed by atoms with Gasteiger partial charge in [-0.15, -0.1) is 0 Å². The van der Waals surface area contributed by atoms with E-state index in [9.17, 15) is 9.18 Å². The van der Waals surface area contributed by atoms with Crippen molar-refractivity contribution in [1.82, 2.24) is 4.90 Å². The van der Waals surface area contributed by atoms with Gasteiger partial charge in [-0.2, -0.15) is 0 Å². The highest BCUT2D eigenvalue weighted by Gasteiger charge is 2.17. The summed E-state index contributed by atoms with van der Waals surface area (Å²) < 4.78 is 18.9. The minimum absolute atomic E-state index is 0.0709. The predicted molar refractivity (Wildman–Crippen MR) is 78.9 cm³/mol. The van der Waals surface area contributed by atoms with Crippen molar-refractivity contribution in [3.8, 4) is 5.75 Å². The largest absolute Gasteiger partial charge is 0.496 e. The fourth-order valence-corrected chi connectivity index (χ4v) is 2.14. The number of ketones is 1. The molecule has 0 aliphatic heterocycles. The molecule has 1 aromatic carbocycles. The van der Waals surface area contributed by atoms with Crippen LogP contribution >= 0.6 is 0 Å². The Morgan fingerprint density at radius 3 is 2.65 bits per heavy atom. The lowest BCUT2D eigenvalue weighted by atomic mass is 10.1. The predicted octanol–water partition coefficient (Wildman–Crippen LogP) is 3.53. The zero-order valence-electron chi connectivity index (χ0n) is 12.6. The van der Waals surface area contributed by atoms with E-state index in [0.29, 0.717) is 18.7 Å². The summed E-state index contributed by atoms with van der Waals surface area (Å²) in [5.74, 6) is -0.396. The van der Waals surface area contributed by atoms with Crippen LogP contribution in [-0.4, -0.2) is 37.4 Å². The Morgan fingerprint density at radius 2 is 2.05 bits per heavy atom. The lowest BCUT2D eigenvalue weighted by molar-refractivity contribution is 0.0958. The van der Waals surface area contributed by atoms with Crippen LogP contribution in [0.5, 0.6) is 5.75 Å². The maximum Gasteiger partial charge on any atom is 0.170 e. The van der Waals surface area contributed by atoms with Crippen LogP contribution in [0.1, 0.15) is 43.5 Å². The quantitative estimate of drug-likeness (QED) is 0.649. The van der Waals surface area contributed by atoms with Crippen molar-refractivity contribution < 1.29 is 13.9 Å². The lowest BCUT2D eigenvalue weighted by Crippen LogP contribution is -2.27. The molecule has 0 saturated carbocycles. The van der Waals surface area contributed by atoms with Crippen LogP contribution in [0.25, 0.3) is 0 Å². The van der Waals surface area contributed by atoms with Crippen LogP contribution in [0.2, 0.25) is 0 Å². The SMILES string of the molecule is CCCCN(CC)CCC(=O)c1c(F)cccc1OC. The number of ether oxygens (including phenoxy) is 1. The van der Waals surface area contributed by atoms with E-state index in [1.54, 1.807) is 12.1 Å². The number of hydrogen-bond acceptors (Lipinski definition) is 3. The van der Waals surface area contributed by atoms with Crippen LogP contribution in [0.3, 0.4) is 0 Å². The minimum Gasteiger partial charge on any atom is -0.496 e. The molecule has 0 saturated heterocycles. The summed E-state index contributed by atoms with van der Waals surface area (Å²) >= 11 is 0. The van der Waals surface area contributed by atoms with Gasteiger partial charge < -0.3 is 9.64 Å². The number of unbranched alkanes of at least 4 members (excludes halogenated alkanes) is 1. The van der Waals surface area contributed by atoms with E-state index in [4.69, 9.17) is 4.74 Å². The fraction of sp³-hybridized carbons (Fsp3) is 0.562. The second kappa shape index (κ2) is 8.69. The highest BCUT2D eigenvalue weighted by Crippen LogP contribution is 2.22. The number of Topliss-reactive ketones (excluding diaryl/α,β-unsaturated/α-hetero) is 1. The van der Waals surface area contributed by atoms with Gasteiger partial charge in [0.1, 0.15) is 11.6 Å². The van der Waals surface area contributed by atoms with Crippen LogP contribution in [-0.2, 0) is 0 Å². The van der Waals surface area contributed by atoms with Crippen molar-refractivity contribution in [3.63, 3.8) is 0 Å². The second-order valence-corrected chi connectivity index (χ2v) is 4.78. The summed E-state index contributed by atoms with van der Waals surface area (Å²) in [6.45, 7) is 6.76. The Morgan fingerprint density at radius 1 is 1.30 bits per heavy atom. The molecule has 0 spiro atoms. The Hall–Kier alpha value is -1.42. The van der Waals surface area contributed by atoms with Gasteiger partial charge in [-0.25, -0.2) is 4.39 Å². The summed E-state index contributed by atoms with van der Waals surface area (Å²) in [5, 5.41) is 0. The van der Waals surface area contributed by atoms with Crippen LogP contribution < -0.4 is 4.74 Å². The van der Waals surface area contributed by atoms with Gasteiger partial charge in [0.15, 0.2) is 5.78 Å². The number of carbonyl (C=O) groups excluding carboxylic acids is 1. The smallest absolute Gasteiger partial charge is 0.170 e. The molecule has 0 bridgehead atoms. The van der Waals surface area contributed by atoms with Gasteiger partial charge in [0.05, 0.1) is 12.7 Å². The molecule has 0 aromatic heterocycles. The van der Waals surface area contributed by atoms with Gasteiger partial charge in [-0.05, 0) is 31.6 Å². The van der Waals surface area contributed by atoms with Crippen molar-refractivity contribution in [1.29, 1.82) is 0 Å². The summed E-state index contributed by atoms with van der Waals surface area (Å²) in [4.78, 5) is 14.4. The maximum atomic E-state index is 13.8. The highest BCUT2D eigenvalue weighted by molar-refractivity contribution is 5.99. The summed E-state index contributed by atoms with van der Waals surface area (Å²) in [6, 6.07) is 4.46. The van der Waals surface area contributed by atoms with Crippen molar-refractivity contribution >= 4 is 5.78 Å². The molecule has 1 rings (SSSR count). The van der Waals surface area contributed by atoms with Gasteiger partial charge in [-0.3, -0.25) is 4.79 Å². The van der Waals surface area contributed by atoms with Crippen molar-refractivity contribution in [2.75, 3.05) is 26.7 Å². The highest BCUT2D eigenvalue weighted by atomic mass is 19.1. The standard InChI is InChI=1S/C16H24FNO2/c1-4-6-11-18(5-2)12-10-14(19)16-13(17)8-7-9-15(16)20-3/h7-9H,4-6,10-12H2,1-3H3. The summed E-state index contributed by atoms with van der Waals surface area (Å²) in [6.07, 6.45) is 2.56. The van der Waals surface area contributed by atoms with E-state index >= 15 is 0 Å². The molecule has 3 nitrogen and oxygen atoms in total. The number of methoxy groups -OCH3 is 1. The number of halogens is 1. The third-order valence-corrected chi connectivity index (χ3v) is 3.40. The van der Waals surface area contributed by atoms with Gasteiger partial charge in [-0.1, -0.05) is 26.3 Å². The number of hydrogen-bond donors (Lipinski definition) is 0. The maximum absolute atomic E-state index is 13.8. The Labute approximate surface area is 120 Å². The van der Waals surface area contributed by atoms with E-state index in [2.05, 4.69) is 18.7 Å². The Bertz CT molecular complexity index is 434. The van der Waals surface area contributed by atoms with Gasteiger partial charge >= 0.3 is 0 Å². The molecule has 0 aliphatic rings. The first-order valence-corrected chi connectivity index (χ1v) is 7.22. The normalized spacial score (nSPS) is 10.8. The molecule has 0 heterocycles. The Balaban J connectivity index is 2.67. The molecule has 0 unspecified atom stereocenters. The second-order valence-electron chi connectivity index (χ2n) is 4.78. The average Bonchev–Trinajstić information content (AvgIpc) is 2.46. The number of carbonyl (C=O) groups is 1. The monoisotopic (exact) mass is 281 g/mol. The topological polar surface area (TPSA) is 29.5 Å². The number of nitrogens with zero attached hydrogens (tertiary/aromatic N) is 1. The van der Waals surface area contributed by atoms with Crippen LogP contribution in [0.15, 0.2) is 18.2 Å². The van der Waals surface area contributed by atoms with E-state index in [1.165, 1.54) is 13.2 Å². The third kappa shape index (κ3) is 4.60. The molecular weight excluding hydrogens is 257 g/mol. The molecule has 20 heavy (non-hydrogen) atoms.